The first kappa shape index (κ1) is 17.4. The van der Waals surface area contributed by atoms with Gasteiger partial charge in [0.05, 0.1) is 28.6 Å². The van der Waals surface area contributed by atoms with Crippen molar-refractivity contribution in [2.75, 3.05) is 10.6 Å². The number of carbonyl (C=O) groups is 2. The van der Waals surface area contributed by atoms with Gasteiger partial charge in [-0.3, -0.25) is 9.59 Å². The summed E-state index contributed by atoms with van der Waals surface area (Å²) in [7, 11) is 0. The maximum Gasteiger partial charge on any atom is 0.265 e. The molecule has 6 heteroatoms. The molecule has 128 valence electrons. The highest BCUT2D eigenvalue weighted by Gasteiger charge is 2.14. The molecule has 0 aliphatic heterocycles. The second-order valence-electron chi connectivity index (χ2n) is 5.46. The number of hydrogen-bond acceptors (Lipinski definition) is 4. The fourth-order valence-electron chi connectivity index (χ4n) is 2.38. The summed E-state index contributed by atoms with van der Waals surface area (Å²) in [5, 5.41) is 16.1. The molecular formula is C20H15N3O2S. The Hall–Kier alpha value is -3.43. The molecule has 0 unspecified atom stereocenters. The van der Waals surface area contributed by atoms with Crippen molar-refractivity contribution < 1.29 is 9.59 Å². The summed E-state index contributed by atoms with van der Waals surface area (Å²) < 4.78 is 0. The summed E-state index contributed by atoms with van der Waals surface area (Å²) in [5.74, 6) is -0.568. The highest BCUT2D eigenvalue weighted by molar-refractivity contribution is 7.12. The van der Waals surface area contributed by atoms with Crippen molar-refractivity contribution in [2.24, 2.45) is 0 Å². The van der Waals surface area contributed by atoms with Crippen molar-refractivity contribution in [3.05, 3.63) is 82.0 Å². The van der Waals surface area contributed by atoms with Gasteiger partial charge in [0.15, 0.2) is 0 Å². The number of carbonyl (C=O) groups excluding carboxylic acids is 2. The third kappa shape index (κ3) is 4.15. The zero-order valence-corrected chi connectivity index (χ0v) is 14.5. The van der Waals surface area contributed by atoms with Crippen LogP contribution in [0.15, 0.2) is 66.0 Å². The van der Waals surface area contributed by atoms with Crippen molar-refractivity contribution in [2.45, 2.75) is 6.42 Å². The van der Waals surface area contributed by atoms with E-state index in [1.807, 2.05) is 5.38 Å². The average Bonchev–Trinajstić information content (AvgIpc) is 3.19. The topological polar surface area (TPSA) is 82.0 Å². The monoisotopic (exact) mass is 361 g/mol. The van der Waals surface area contributed by atoms with Crippen molar-refractivity contribution in [1.82, 2.24) is 0 Å². The fraction of sp³-hybridized carbons (Fsp3) is 0.0500. The molecular weight excluding hydrogens is 346 g/mol. The van der Waals surface area contributed by atoms with Crippen molar-refractivity contribution in [3.63, 3.8) is 0 Å². The van der Waals surface area contributed by atoms with E-state index in [9.17, 15) is 9.59 Å². The lowest BCUT2D eigenvalue weighted by molar-refractivity contribution is 0.102. The molecule has 3 rings (SSSR count). The Kier molecular flexibility index (Phi) is 5.42. The van der Waals surface area contributed by atoms with Gasteiger partial charge in [-0.2, -0.15) is 5.26 Å². The average molecular weight is 361 g/mol. The van der Waals surface area contributed by atoms with Crippen LogP contribution in [-0.4, -0.2) is 11.8 Å². The normalized spacial score (nSPS) is 9.96. The summed E-state index contributed by atoms with van der Waals surface area (Å²) in [5.41, 5.74) is 2.33. The van der Waals surface area contributed by atoms with Crippen LogP contribution in [0.5, 0.6) is 0 Å². The molecule has 0 aliphatic carbocycles. The zero-order chi connectivity index (χ0) is 18.4. The molecule has 0 atom stereocenters. The lowest BCUT2D eigenvalue weighted by atomic mass is 10.1. The van der Waals surface area contributed by atoms with Crippen molar-refractivity contribution in [3.8, 4) is 6.07 Å². The van der Waals surface area contributed by atoms with E-state index >= 15 is 0 Å². The van der Waals surface area contributed by atoms with Crippen LogP contribution in [0.4, 0.5) is 11.4 Å². The zero-order valence-electron chi connectivity index (χ0n) is 13.7. The second-order valence-corrected chi connectivity index (χ2v) is 6.41. The Morgan fingerprint density at radius 1 is 0.923 bits per heavy atom. The minimum absolute atomic E-state index is 0.249. The highest BCUT2D eigenvalue weighted by Crippen LogP contribution is 2.20. The number of nitrogens with one attached hydrogen (secondary N) is 2. The third-order valence-electron chi connectivity index (χ3n) is 3.66. The number of amides is 2. The molecule has 0 radical (unpaired) electrons. The Morgan fingerprint density at radius 3 is 2.38 bits per heavy atom. The second kappa shape index (κ2) is 8.10. The molecule has 3 aromatic rings. The lowest BCUT2D eigenvalue weighted by Crippen LogP contribution is -2.17. The number of thiophene rings is 1. The maximum absolute atomic E-state index is 12.6. The summed E-state index contributed by atoms with van der Waals surface area (Å²) in [6.07, 6.45) is 0.325. The van der Waals surface area contributed by atoms with E-state index in [0.717, 1.165) is 5.56 Å². The Balaban J connectivity index is 1.75. The molecule has 2 amide bonds. The van der Waals surface area contributed by atoms with Gasteiger partial charge in [-0.1, -0.05) is 30.3 Å². The fourth-order valence-corrected chi connectivity index (χ4v) is 3.00. The van der Waals surface area contributed by atoms with Crippen LogP contribution in [-0.2, 0) is 6.42 Å². The minimum Gasteiger partial charge on any atom is -0.322 e. The number of hydrogen-bond donors (Lipinski definition) is 2. The van der Waals surface area contributed by atoms with Crippen LogP contribution >= 0.6 is 11.3 Å². The van der Waals surface area contributed by atoms with E-state index in [-0.39, 0.29) is 11.8 Å². The van der Waals surface area contributed by atoms with E-state index in [2.05, 4.69) is 16.7 Å². The Bertz CT molecular complexity index is 957. The van der Waals surface area contributed by atoms with Gasteiger partial charge in [0.1, 0.15) is 0 Å². The van der Waals surface area contributed by atoms with Crippen LogP contribution in [0.1, 0.15) is 25.6 Å². The van der Waals surface area contributed by atoms with Gasteiger partial charge in [0.25, 0.3) is 11.8 Å². The molecule has 5 nitrogen and oxygen atoms in total. The SMILES string of the molecule is N#CCc1ccc(NC(=O)c2ccccc2NC(=O)c2cccs2)cc1. The summed E-state index contributed by atoms with van der Waals surface area (Å²) in [6.45, 7) is 0. The molecule has 2 N–H and O–H groups in total. The minimum atomic E-state index is -0.319. The number of benzene rings is 2. The molecule has 0 fully saturated rings. The van der Waals surface area contributed by atoms with Crippen molar-refractivity contribution >= 4 is 34.5 Å². The first-order valence-corrected chi connectivity index (χ1v) is 8.76. The Morgan fingerprint density at radius 2 is 1.69 bits per heavy atom. The quantitative estimate of drug-likeness (QED) is 0.710. The van der Waals surface area contributed by atoms with E-state index in [4.69, 9.17) is 5.26 Å². The predicted molar refractivity (Wildman–Crippen MR) is 102 cm³/mol. The standard InChI is InChI=1S/C20H15N3O2S/c21-12-11-14-7-9-15(10-8-14)22-19(24)16-4-1-2-5-17(16)23-20(25)18-6-3-13-26-18/h1-10,13H,11H2,(H,22,24)(H,23,25). The molecule has 2 aromatic carbocycles. The molecule has 1 heterocycles. The maximum atomic E-state index is 12.6. The highest BCUT2D eigenvalue weighted by atomic mass is 32.1. The third-order valence-corrected chi connectivity index (χ3v) is 4.53. The van der Waals surface area contributed by atoms with E-state index in [1.54, 1.807) is 60.7 Å². The van der Waals surface area contributed by atoms with Gasteiger partial charge in [-0.15, -0.1) is 11.3 Å². The van der Waals surface area contributed by atoms with Crippen LogP contribution < -0.4 is 10.6 Å². The van der Waals surface area contributed by atoms with Gasteiger partial charge in [-0.05, 0) is 41.3 Å². The van der Waals surface area contributed by atoms with Gasteiger partial charge in [0, 0.05) is 5.69 Å². The van der Waals surface area contributed by atoms with Gasteiger partial charge in [0.2, 0.25) is 0 Å². The van der Waals surface area contributed by atoms with Gasteiger partial charge >= 0.3 is 0 Å². The van der Waals surface area contributed by atoms with Crippen molar-refractivity contribution in [1.29, 1.82) is 5.26 Å². The number of nitriles is 1. The van der Waals surface area contributed by atoms with Crippen LogP contribution in [0.25, 0.3) is 0 Å². The largest absolute Gasteiger partial charge is 0.322 e. The number of para-hydroxylation sites is 1. The first-order chi connectivity index (χ1) is 12.7. The number of anilines is 2. The van der Waals surface area contributed by atoms with E-state index < -0.39 is 0 Å². The smallest absolute Gasteiger partial charge is 0.265 e. The predicted octanol–water partition coefficient (Wildman–Crippen LogP) is 4.32. The van der Waals surface area contributed by atoms with Gasteiger partial charge in [-0.25, -0.2) is 0 Å². The van der Waals surface area contributed by atoms with Gasteiger partial charge < -0.3 is 10.6 Å². The lowest BCUT2D eigenvalue weighted by Gasteiger charge is -2.11. The molecule has 0 spiro atoms. The molecule has 1 aromatic heterocycles. The summed E-state index contributed by atoms with van der Waals surface area (Å²) in [4.78, 5) is 25.4. The van der Waals surface area contributed by atoms with E-state index in [1.165, 1.54) is 11.3 Å². The van der Waals surface area contributed by atoms with Crippen LogP contribution in [0, 0.1) is 11.3 Å². The summed E-state index contributed by atoms with van der Waals surface area (Å²) in [6, 6.07) is 19.5. The number of rotatable bonds is 5. The summed E-state index contributed by atoms with van der Waals surface area (Å²) >= 11 is 1.34. The molecule has 0 saturated heterocycles. The number of nitrogens with zero attached hydrogens (tertiary/aromatic N) is 1. The molecule has 0 saturated carbocycles. The molecule has 0 aliphatic rings. The van der Waals surface area contributed by atoms with E-state index in [0.29, 0.717) is 28.2 Å². The van der Waals surface area contributed by atoms with Crippen LogP contribution in [0.2, 0.25) is 0 Å². The Labute approximate surface area is 154 Å². The van der Waals surface area contributed by atoms with Crippen LogP contribution in [0.3, 0.4) is 0 Å². The first-order valence-electron chi connectivity index (χ1n) is 7.88. The molecule has 0 bridgehead atoms. The molecule has 26 heavy (non-hydrogen) atoms.